The molecule has 3 rings (SSSR count). The summed E-state index contributed by atoms with van der Waals surface area (Å²) < 4.78 is 10.4. The first kappa shape index (κ1) is 19.0. The van der Waals surface area contributed by atoms with Crippen molar-refractivity contribution >= 4 is 5.97 Å². The van der Waals surface area contributed by atoms with Gasteiger partial charge in [-0.15, -0.1) is 0 Å². The molecule has 0 fully saturated rings. The summed E-state index contributed by atoms with van der Waals surface area (Å²) >= 11 is 0. The highest BCUT2D eigenvalue weighted by Crippen LogP contribution is 2.46. The minimum atomic E-state index is -0.356. The molecule has 1 aliphatic carbocycles. The number of carbonyl (C=O) groups excluding carboxylic acids is 1. The molecular formula is C24H26O3. The van der Waals surface area contributed by atoms with Crippen molar-refractivity contribution in [1.82, 2.24) is 0 Å². The van der Waals surface area contributed by atoms with Crippen molar-refractivity contribution in [3.63, 3.8) is 0 Å². The monoisotopic (exact) mass is 362 g/mol. The van der Waals surface area contributed by atoms with Gasteiger partial charge in [0.2, 0.25) is 0 Å². The van der Waals surface area contributed by atoms with Crippen molar-refractivity contribution in [3.8, 4) is 17.8 Å². The maximum atomic E-state index is 11.5. The van der Waals surface area contributed by atoms with Crippen LogP contribution < -0.4 is 4.74 Å². The van der Waals surface area contributed by atoms with Crippen LogP contribution in [0.15, 0.2) is 42.5 Å². The Labute approximate surface area is 161 Å². The van der Waals surface area contributed by atoms with E-state index >= 15 is 0 Å². The van der Waals surface area contributed by atoms with E-state index in [2.05, 4.69) is 51.9 Å². The highest BCUT2D eigenvalue weighted by molar-refractivity contribution is 5.89. The summed E-state index contributed by atoms with van der Waals surface area (Å²) in [6, 6.07) is 13.3. The molecule has 0 spiro atoms. The van der Waals surface area contributed by atoms with Gasteiger partial charge in [-0.05, 0) is 77.1 Å². The van der Waals surface area contributed by atoms with E-state index in [4.69, 9.17) is 9.47 Å². The topological polar surface area (TPSA) is 35.5 Å². The van der Waals surface area contributed by atoms with Crippen molar-refractivity contribution in [1.29, 1.82) is 0 Å². The van der Waals surface area contributed by atoms with Crippen LogP contribution in [-0.2, 0) is 15.6 Å². The van der Waals surface area contributed by atoms with Crippen LogP contribution in [0.1, 0.15) is 67.6 Å². The minimum absolute atomic E-state index is 0.140. The Bertz CT molecular complexity index is 909. The van der Waals surface area contributed by atoms with Gasteiger partial charge in [-0.2, -0.15) is 0 Å². The smallest absolute Gasteiger partial charge is 0.337 e. The first-order valence-corrected chi connectivity index (χ1v) is 9.24. The molecule has 3 heteroatoms. The van der Waals surface area contributed by atoms with Gasteiger partial charge in [0, 0.05) is 5.56 Å². The van der Waals surface area contributed by atoms with E-state index < -0.39 is 0 Å². The third-order valence-electron chi connectivity index (χ3n) is 5.49. The molecule has 0 N–H and O–H groups in total. The van der Waals surface area contributed by atoms with Crippen molar-refractivity contribution in [2.75, 3.05) is 7.11 Å². The van der Waals surface area contributed by atoms with Gasteiger partial charge in [0.25, 0.3) is 0 Å². The number of hydrogen-bond acceptors (Lipinski definition) is 3. The lowest BCUT2D eigenvalue weighted by atomic mass is 9.63. The van der Waals surface area contributed by atoms with Crippen LogP contribution >= 0.6 is 0 Å². The number of ether oxygens (including phenoxy) is 2. The number of methoxy groups -OCH3 is 1. The molecule has 0 atom stereocenters. The van der Waals surface area contributed by atoms with Crippen LogP contribution in [0.4, 0.5) is 0 Å². The zero-order valence-corrected chi connectivity index (χ0v) is 16.7. The normalized spacial score (nSPS) is 16.5. The fourth-order valence-electron chi connectivity index (χ4n) is 3.58. The predicted octanol–water partition coefficient (Wildman–Crippen LogP) is 5.21. The van der Waals surface area contributed by atoms with Gasteiger partial charge in [-0.25, -0.2) is 4.79 Å². The van der Waals surface area contributed by atoms with Gasteiger partial charge in [-0.1, -0.05) is 33.8 Å². The van der Waals surface area contributed by atoms with Gasteiger partial charge in [0.05, 0.1) is 12.7 Å². The second-order valence-corrected chi connectivity index (χ2v) is 8.37. The summed E-state index contributed by atoms with van der Waals surface area (Å²) in [4.78, 5) is 11.5. The molecule has 0 saturated heterocycles. The summed E-state index contributed by atoms with van der Waals surface area (Å²) in [5.74, 6) is 3.38. The number of rotatable bonds is 2. The molecule has 1 aliphatic rings. The Balaban J connectivity index is 1.78. The lowest BCUT2D eigenvalue weighted by Crippen LogP contribution is -2.33. The Morgan fingerprint density at radius 1 is 0.926 bits per heavy atom. The maximum Gasteiger partial charge on any atom is 0.337 e. The van der Waals surface area contributed by atoms with Crippen molar-refractivity contribution in [2.24, 2.45) is 0 Å². The quantitative estimate of drug-likeness (QED) is 0.543. The predicted molar refractivity (Wildman–Crippen MR) is 107 cm³/mol. The summed E-state index contributed by atoms with van der Waals surface area (Å²) in [6.07, 6.45) is 5.12. The van der Waals surface area contributed by atoms with Crippen LogP contribution in [0.25, 0.3) is 0 Å². The van der Waals surface area contributed by atoms with E-state index in [1.807, 2.05) is 6.07 Å². The van der Waals surface area contributed by atoms with E-state index in [1.54, 1.807) is 24.3 Å². The molecule has 0 aromatic heterocycles. The van der Waals surface area contributed by atoms with Crippen molar-refractivity contribution < 1.29 is 14.3 Å². The molecule has 140 valence electrons. The van der Waals surface area contributed by atoms with Crippen LogP contribution in [0.2, 0.25) is 0 Å². The lowest BCUT2D eigenvalue weighted by molar-refractivity contribution is 0.0600. The third kappa shape index (κ3) is 4.01. The van der Waals surface area contributed by atoms with Gasteiger partial charge < -0.3 is 9.47 Å². The second kappa shape index (κ2) is 7.12. The average Bonchev–Trinajstić information content (AvgIpc) is 2.65. The first-order chi connectivity index (χ1) is 12.7. The Kier molecular flexibility index (Phi) is 5.02. The van der Waals surface area contributed by atoms with E-state index in [9.17, 15) is 4.79 Å². The van der Waals surface area contributed by atoms with Gasteiger partial charge in [0.15, 0.2) is 0 Å². The second-order valence-electron chi connectivity index (χ2n) is 8.37. The zero-order valence-electron chi connectivity index (χ0n) is 16.7. The van der Waals surface area contributed by atoms with Crippen LogP contribution in [-0.4, -0.2) is 13.1 Å². The first-order valence-electron chi connectivity index (χ1n) is 9.24. The highest BCUT2D eigenvalue weighted by Gasteiger charge is 2.37. The number of benzene rings is 2. The van der Waals surface area contributed by atoms with E-state index in [-0.39, 0.29) is 16.8 Å². The number of esters is 1. The fourth-order valence-corrected chi connectivity index (χ4v) is 3.58. The van der Waals surface area contributed by atoms with Gasteiger partial charge in [0.1, 0.15) is 11.9 Å². The average molecular weight is 362 g/mol. The van der Waals surface area contributed by atoms with Crippen molar-refractivity contribution in [2.45, 2.75) is 51.4 Å². The molecule has 0 radical (unpaired) electrons. The van der Waals surface area contributed by atoms with Crippen LogP contribution in [0, 0.1) is 12.0 Å². The van der Waals surface area contributed by atoms with E-state index in [0.717, 1.165) is 17.7 Å². The molecule has 2 aromatic rings. The Hall–Kier alpha value is -2.73. The summed E-state index contributed by atoms with van der Waals surface area (Å²) in [5.41, 5.74) is 4.36. The molecule has 0 bridgehead atoms. The van der Waals surface area contributed by atoms with Gasteiger partial charge >= 0.3 is 5.97 Å². The Morgan fingerprint density at radius 2 is 1.56 bits per heavy atom. The maximum absolute atomic E-state index is 11.5. The number of fused-ring (bicyclic) bond motifs is 1. The molecule has 27 heavy (non-hydrogen) atoms. The molecule has 0 saturated carbocycles. The van der Waals surface area contributed by atoms with E-state index in [0.29, 0.717) is 5.56 Å². The summed E-state index contributed by atoms with van der Waals surface area (Å²) in [7, 11) is 1.37. The molecule has 2 aromatic carbocycles. The minimum Gasteiger partial charge on any atom is -0.465 e. The molecule has 0 heterocycles. The lowest BCUT2D eigenvalue weighted by Gasteiger charge is -2.41. The SMILES string of the molecule is COC(=O)c1ccc(C#COc2ccc3c(c2)C(C)(C)CCC3(C)C)cc1. The number of carbonyl (C=O) groups is 1. The molecule has 0 unspecified atom stereocenters. The standard InChI is InChI=1S/C24H26O3/c1-23(2)13-14-24(3,4)21-16-19(10-11-20(21)23)27-15-12-17-6-8-18(9-7-17)22(25)26-5/h6-11,16H,13-14H2,1-5H3. The zero-order chi connectivity index (χ0) is 19.7. The molecule has 0 amide bonds. The van der Waals surface area contributed by atoms with Crippen LogP contribution in [0.5, 0.6) is 5.75 Å². The van der Waals surface area contributed by atoms with Crippen molar-refractivity contribution in [3.05, 3.63) is 64.7 Å². The van der Waals surface area contributed by atoms with E-state index in [1.165, 1.54) is 24.7 Å². The third-order valence-corrected chi connectivity index (χ3v) is 5.49. The summed E-state index contributed by atoms with van der Waals surface area (Å²) in [6.45, 7) is 9.19. The molecule has 3 nitrogen and oxygen atoms in total. The molecular weight excluding hydrogens is 336 g/mol. The number of hydrogen-bond donors (Lipinski definition) is 0. The largest absolute Gasteiger partial charge is 0.465 e. The van der Waals surface area contributed by atoms with Gasteiger partial charge in [-0.3, -0.25) is 0 Å². The fraction of sp³-hybridized carbons (Fsp3) is 0.375. The molecule has 0 aliphatic heterocycles. The Morgan fingerprint density at radius 3 is 2.19 bits per heavy atom. The highest BCUT2D eigenvalue weighted by atomic mass is 16.5. The summed E-state index contributed by atoms with van der Waals surface area (Å²) in [5, 5.41) is 0. The van der Waals surface area contributed by atoms with Crippen LogP contribution in [0.3, 0.4) is 0 Å².